The van der Waals surface area contributed by atoms with Crippen LogP contribution in [0.1, 0.15) is 46.5 Å². The van der Waals surface area contributed by atoms with Gasteiger partial charge in [0.25, 0.3) is 5.91 Å². The Morgan fingerprint density at radius 3 is 2.76 bits per heavy atom. The minimum absolute atomic E-state index is 0.0337. The molecule has 1 amide bonds. The number of hydrogen-bond donors (Lipinski definition) is 0. The van der Waals surface area contributed by atoms with Crippen LogP contribution in [0.15, 0.2) is 41.0 Å². The molecule has 2 atom stereocenters. The van der Waals surface area contributed by atoms with Gasteiger partial charge in [0, 0.05) is 18.5 Å². The van der Waals surface area contributed by atoms with E-state index in [1.807, 2.05) is 17.0 Å². The van der Waals surface area contributed by atoms with Crippen LogP contribution in [-0.4, -0.2) is 36.5 Å². The van der Waals surface area contributed by atoms with Gasteiger partial charge in [-0.2, -0.15) is 0 Å². The van der Waals surface area contributed by atoms with Gasteiger partial charge in [0.1, 0.15) is 12.2 Å². The molecule has 2 aromatic rings. The molecule has 1 aliphatic rings. The number of carbonyl (C=O) groups is 2. The van der Waals surface area contributed by atoms with Gasteiger partial charge in [-0.1, -0.05) is 24.3 Å². The summed E-state index contributed by atoms with van der Waals surface area (Å²) in [7, 11) is 1.32. The van der Waals surface area contributed by atoms with Gasteiger partial charge in [0.15, 0.2) is 0 Å². The van der Waals surface area contributed by atoms with Crippen molar-refractivity contribution >= 4 is 11.9 Å². The molecule has 0 N–H and O–H groups in total. The molecule has 2 heterocycles. The zero-order valence-corrected chi connectivity index (χ0v) is 14.8. The summed E-state index contributed by atoms with van der Waals surface area (Å²) in [5, 5.41) is 0. The monoisotopic (exact) mass is 341 g/mol. The molecule has 5 heteroatoms. The van der Waals surface area contributed by atoms with Gasteiger partial charge in [-0.3, -0.25) is 9.59 Å². The molecule has 1 aromatic heterocycles. The second-order valence-electron chi connectivity index (χ2n) is 6.61. The van der Waals surface area contributed by atoms with E-state index in [0.717, 1.165) is 6.42 Å². The number of carbonyl (C=O) groups excluding carboxylic acids is 2. The molecule has 0 radical (unpaired) electrons. The number of likely N-dealkylation sites (tertiary alicyclic amines) is 1. The molecule has 1 aliphatic heterocycles. The Balaban J connectivity index is 1.79. The van der Waals surface area contributed by atoms with Gasteiger partial charge in [-0.15, -0.1) is 0 Å². The lowest BCUT2D eigenvalue weighted by atomic mass is 9.93. The number of methoxy groups -OCH3 is 1. The van der Waals surface area contributed by atoms with Crippen molar-refractivity contribution in [1.29, 1.82) is 0 Å². The number of rotatable bonds is 4. The highest BCUT2D eigenvalue weighted by Gasteiger charge is 2.35. The maximum Gasteiger partial charge on any atom is 0.313 e. The van der Waals surface area contributed by atoms with Crippen molar-refractivity contribution in [1.82, 2.24) is 4.90 Å². The van der Waals surface area contributed by atoms with Crippen LogP contribution >= 0.6 is 0 Å². The van der Waals surface area contributed by atoms with E-state index in [1.54, 1.807) is 6.07 Å². The van der Waals surface area contributed by atoms with Crippen LogP contribution in [0.4, 0.5) is 0 Å². The highest BCUT2D eigenvalue weighted by atomic mass is 16.5. The van der Waals surface area contributed by atoms with E-state index < -0.39 is 5.97 Å². The third kappa shape index (κ3) is 3.45. The first kappa shape index (κ1) is 17.3. The second-order valence-corrected chi connectivity index (χ2v) is 6.61. The molecule has 0 spiro atoms. The molecule has 1 saturated heterocycles. The summed E-state index contributed by atoms with van der Waals surface area (Å²) in [6, 6.07) is 10.1. The quantitative estimate of drug-likeness (QED) is 0.801. The zero-order chi connectivity index (χ0) is 18.0. The van der Waals surface area contributed by atoms with Crippen molar-refractivity contribution in [3.63, 3.8) is 0 Å². The van der Waals surface area contributed by atoms with Crippen LogP contribution in [0, 0.1) is 6.92 Å². The molecular weight excluding hydrogens is 318 g/mol. The van der Waals surface area contributed by atoms with Crippen LogP contribution in [0.3, 0.4) is 0 Å². The maximum atomic E-state index is 13.0. The summed E-state index contributed by atoms with van der Waals surface area (Å²) in [6.45, 7) is 4.85. The number of amides is 1. The summed E-state index contributed by atoms with van der Waals surface area (Å²) in [4.78, 5) is 26.4. The summed E-state index contributed by atoms with van der Waals surface area (Å²) >= 11 is 0. The number of aryl methyl sites for hydroxylation is 1. The zero-order valence-electron chi connectivity index (χ0n) is 14.8. The standard InChI is InChI=1S/C20H23NO4/c1-13-6-4-5-7-16(13)15-10-14(2)21(12-15)20(23)17-8-9-25-18(17)11-19(22)24-3/h4-9,14-15H,10-12H2,1-3H3/t14-,15+/m0/s1. The van der Waals surface area contributed by atoms with Crippen LogP contribution < -0.4 is 0 Å². The number of esters is 1. The van der Waals surface area contributed by atoms with E-state index in [0.29, 0.717) is 23.8 Å². The third-order valence-corrected chi connectivity index (χ3v) is 4.97. The fraction of sp³-hybridized carbons (Fsp3) is 0.400. The van der Waals surface area contributed by atoms with Crippen molar-refractivity contribution in [3.05, 3.63) is 59.0 Å². The first-order chi connectivity index (χ1) is 12.0. The molecule has 0 bridgehead atoms. The lowest BCUT2D eigenvalue weighted by Crippen LogP contribution is -2.34. The van der Waals surface area contributed by atoms with Gasteiger partial charge in [-0.25, -0.2) is 0 Å². The molecule has 3 rings (SSSR count). The van der Waals surface area contributed by atoms with E-state index in [1.165, 1.54) is 24.5 Å². The fourth-order valence-corrected chi connectivity index (χ4v) is 3.61. The predicted molar refractivity (Wildman–Crippen MR) is 93.5 cm³/mol. The third-order valence-electron chi connectivity index (χ3n) is 4.97. The molecular formula is C20H23NO4. The normalized spacial score (nSPS) is 19.9. The average Bonchev–Trinajstić information content (AvgIpc) is 3.21. The summed E-state index contributed by atoms with van der Waals surface area (Å²) in [5.41, 5.74) is 3.00. The van der Waals surface area contributed by atoms with Crippen LogP contribution in [-0.2, 0) is 16.0 Å². The van der Waals surface area contributed by atoms with E-state index in [-0.39, 0.29) is 18.4 Å². The van der Waals surface area contributed by atoms with Gasteiger partial charge >= 0.3 is 5.97 Å². The summed E-state index contributed by atoms with van der Waals surface area (Å²) in [6.07, 6.45) is 2.35. The highest BCUT2D eigenvalue weighted by Crippen LogP contribution is 2.34. The van der Waals surface area contributed by atoms with Crippen LogP contribution in [0.5, 0.6) is 0 Å². The topological polar surface area (TPSA) is 59.8 Å². The van der Waals surface area contributed by atoms with Crippen molar-refractivity contribution < 1.29 is 18.7 Å². The lowest BCUT2D eigenvalue weighted by molar-refractivity contribution is -0.140. The Labute approximate surface area is 147 Å². The Hall–Kier alpha value is -2.56. The largest absolute Gasteiger partial charge is 0.469 e. The predicted octanol–water partition coefficient (Wildman–Crippen LogP) is 3.32. The maximum absolute atomic E-state index is 13.0. The van der Waals surface area contributed by atoms with Crippen LogP contribution in [0.2, 0.25) is 0 Å². The van der Waals surface area contributed by atoms with Gasteiger partial charge < -0.3 is 14.1 Å². The van der Waals surface area contributed by atoms with E-state index in [2.05, 4.69) is 30.7 Å². The first-order valence-electron chi connectivity index (χ1n) is 8.51. The second kappa shape index (κ2) is 7.13. The van der Waals surface area contributed by atoms with Crippen molar-refractivity contribution in [3.8, 4) is 0 Å². The Morgan fingerprint density at radius 2 is 2.04 bits per heavy atom. The van der Waals surface area contributed by atoms with E-state index in [9.17, 15) is 9.59 Å². The summed E-state index contributed by atoms with van der Waals surface area (Å²) in [5.74, 6) is 0.187. The smallest absolute Gasteiger partial charge is 0.313 e. The van der Waals surface area contributed by atoms with Crippen molar-refractivity contribution in [2.75, 3.05) is 13.7 Å². The fourth-order valence-electron chi connectivity index (χ4n) is 3.61. The molecule has 1 fully saturated rings. The van der Waals surface area contributed by atoms with Crippen molar-refractivity contribution in [2.45, 2.75) is 38.6 Å². The molecule has 25 heavy (non-hydrogen) atoms. The number of nitrogens with zero attached hydrogens (tertiary/aromatic N) is 1. The van der Waals surface area contributed by atoms with Gasteiger partial charge in [0.05, 0.1) is 18.9 Å². The SMILES string of the molecule is COC(=O)Cc1occc1C(=O)N1C[C@H](c2ccccc2C)C[C@@H]1C. The molecule has 0 unspecified atom stereocenters. The molecule has 5 nitrogen and oxygen atoms in total. The molecule has 132 valence electrons. The number of benzene rings is 1. The number of hydrogen-bond acceptors (Lipinski definition) is 4. The first-order valence-corrected chi connectivity index (χ1v) is 8.51. The Morgan fingerprint density at radius 1 is 1.28 bits per heavy atom. The van der Waals surface area contributed by atoms with Gasteiger partial charge in [0.2, 0.25) is 0 Å². The molecule has 1 aromatic carbocycles. The van der Waals surface area contributed by atoms with E-state index in [4.69, 9.17) is 4.42 Å². The minimum atomic E-state index is -0.420. The average molecular weight is 341 g/mol. The molecule has 0 aliphatic carbocycles. The number of furan rings is 1. The Kier molecular flexibility index (Phi) is 4.93. The Bertz CT molecular complexity index is 780. The van der Waals surface area contributed by atoms with Crippen LogP contribution in [0.25, 0.3) is 0 Å². The van der Waals surface area contributed by atoms with E-state index >= 15 is 0 Å². The molecule has 0 saturated carbocycles. The highest BCUT2D eigenvalue weighted by molar-refractivity contribution is 5.96. The van der Waals surface area contributed by atoms with Crippen molar-refractivity contribution in [2.24, 2.45) is 0 Å². The summed E-state index contributed by atoms with van der Waals surface area (Å²) < 4.78 is 10.0. The number of ether oxygens (including phenoxy) is 1. The lowest BCUT2D eigenvalue weighted by Gasteiger charge is -2.21. The minimum Gasteiger partial charge on any atom is -0.469 e. The van der Waals surface area contributed by atoms with Gasteiger partial charge in [-0.05, 0) is 37.5 Å².